The smallest absolute Gasteiger partial charge is 0.320 e. The van der Waals surface area contributed by atoms with Crippen LogP contribution in [0.4, 0.5) is 0 Å². The molecule has 7 nitrogen and oxygen atoms in total. The quantitative estimate of drug-likeness (QED) is 0.338. The number of aromatic nitrogens is 4. The maximum absolute atomic E-state index is 9.57. The van der Waals surface area contributed by atoms with Crippen LogP contribution in [0.5, 0.6) is 0 Å². The molecule has 2 aliphatic rings. The molecular weight excluding hydrogens is 378 g/mol. The molecule has 1 atom stereocenters. The number of fused-ring (bicyclic) bond motifs is 8. The molecule has 5 heterocycles. The van der Waals surface area contributed by atoms with E-state index in [2.05, 4.69) is 50.3 Å². The molecule has 0 radical (unpaired) electrons. The van der Waals surface area contributed by atoms with Crippen molar-refractivity contribution in [3.8, 4) is 0 Å². The van der Waals surface area contributed by atoms with Crippen LogP contribution in [0.1, 0.15) is 29.7 Å². The minimum absolute atomic E-state index is 0.731. The van der Waals surface area contributed by atoms with Crippen molar-refractivity contribution in [2.45, 2.75) is 13.0 Å². The molecule has 0 fully saturated rings. The van der Waals surface area contributed by atoms with Crippen LogP contribution < -0.4 is 5.73 Å². The van der Waals surface area contributed by atoms with Gasteiger partial charge in [0.15, 0.2) is 0 Å². The number of aliphatic carboxylic acids is 1. The van der Waals surface area contributed by atoms with Gasteiger partial charge in [0.2, 0.25) is 0 Å². The van der Waals surface area contributed by atoms with Crippen LogP contribution in [0.15, 0.2) is 48.5 Å². The molecule has 30 heavy (non-hydrogen) atoms. The summed E-state index contributed by atoms with van der Waals surface area (Å²) >= 11 is 0. The number of hydrogen-bond acceptors (Lipinski definition) is 4. The molecule has 5 rings (SSSR count). The second kappa shape index (κ2) is 8.18. The highest BCUT2D eigenvalue weighted by Gasteiger charge is 2.02. The molecule has 7 heteroatoms. The molecule has 1 unspecified atom stereocenters. The van der Waals surface area contributed by atoms with E-state index in [0.29, 0.717) is 0 Å². The summed E-state index contributed by atoms with van der Waals surface area (Å²) < 4.78 is 0. The number of nitrogens with zero attached hydrogens (tertiary/aromatic N) is 2. The topological polar surface area (TPSA) is 121 Å². The average Bonchev–Trinajstić information content (AvgIpc) is 3.47. The first kappa shape index (κ1) is 19.4. The van der Waals surface area contributed by atoms with Crippen LogP contribution in [0.25, 0.3) is 46.4 Å². The Hall–Kier alpha value is -3.97. The van der Waals surface area contributed by atoms with Gasteiger partial charge in [-0.1, -0.05) is 0 Å². The van der Waals surface area contributed by atoms with Gasteiger partial charge in [-0.05, 0) is 79.8 Å². The zero-order valence-corrected chi connectivity index (χ0v) is 16.3. The number of carboxylic acids is 1. The molecule has 5 N–H and O–H groups in total. The Kier molecular flexibility index (Phi) is 5.28. The lowest BCUT2D eigenvalue weighted by atomic mass is 10.3. The van der Waals surface area contributed by atoms with Gasteiger partial charge in [0.25, 0.3) is 0 Å². The van der Waals surface area contributed by atoms with Crippen LogP contribution in [0.2, 0.25) is 0 Å². The van der Waals surface area contributed by atoms with Gasteiger partial charge < -0.3 is 20.8 Å². The van der Waals surface area contributed by atoms with E-state index < -0.39 is 12.0 Å². The lowest BCUT2D eigenvalue weighted by Crippen LogP contribution is -2.25. The molecule has 8 bridgehead atoms. The first-order chi connectivity index (χ1) is 14.4. The fraction of sp³-hybridized carbons (Fsp3) is 0.0870. The summed E-state index contributed by atoms with van der Waals surface area (Å²) in [5.41, 5.74) is 12.7. The number of aromatic amines is 2. The Morgan fingerprint density at radius 1 is 0.767 bits per heavy atom. The summed E-state index contributed by atoms with van der Waals surface area (Å²) in [7, 11) is 0. The van der Waals surface area contributed by atoms with Crippen molar-refractivity contribution in [1.29, 1.82) is 0 Å². The van der Waals surface area contributed by atoms with E-state index in [-0.39, 0.29) is 0 Å². The molecule has 0 spiro atoms. The van der Waals surface area contributed by atoms with Crippen LogP contribution in [-0.4, -0.2) is 37.1 Å². The van der Waals surface area contributed by atoms with Gasteiger partial charge in [-0.2, -0.15) is 0 Å². The predicted octanol–water partition coefficient (Wildman–Crippen LogP) is 4.07. The number of H-pyrrole nitrogens is 2. The predicted molar refractivity (Wildman–Crippen MR) is 120 cm³/mol. The van der Waals surface area contributed by atoms with E-state index in [9.17, 15) is 4.79 Å². The molecule has 0 aliphatic carbocycles. The van der Waals surface area contributed by atoms with Crippen LogP contribution >= 0.6 is 0 Å². The van der Waals surface area contributed by atoms with Crippen molar-refractivity contribution in [2.75, 3.05) is 0 Å². The van der Waals surface area contributed by atoms with Gasteiger partial charge in [0, 0.05) is 22.1 Å². The Balaban J connectivity index is 0.000000322. The zero-order valence-electron chi connectivity index (χ0n) is 16.3. The maximum Gasteiger partial charge on any atom is 0.320 e. The van der Waals surface area contributed by atoms with Crippen molar-refractivity contribution >= 4 is 52.3 Å². The second-order valence-electron chi connectivity index (χ2n) is 7.03. The Morgan fingerprint density at radius 2 is 1.10 bits per heavy atom. The van der Waals surface area contributed by atoms with Crippen molar-refractivity contribution in [2.24, 2.45) is 5.73 Å². The lowest BCUT2D eigenvalue weighted by molar-refractivity contribution is -0.138. The minimum atomic E-state index is -0.963. The monoisotopic (exact) mass is 399 g/mol. The van der Waals surface area contributed by atoms with Crippen molar-refractivity contribution in [1.82, 2.24) is 19.9 Å². The van der Waals surface area contributed by atoms with Gasteiger partial charge in [0.1, 0.15) is 6.04 Å². The highest BCUT2D eigenvalue weighted by molar-refractivity contribution is 5.77. The third-order valence-corrected chi connectivity index (χ3v) is 4.43. The molecule has 3 aromatic rings. The largest absolute Gasteiger partial charge is 0.480 e. The summed E-state index contributed by atoms with van der Waals surface area (Å²) in [6.07, 6.45) is 8.05. The highest BCUT2D eigenvalue weighted by atomic mass is 16.4. The van der Waals surface area contributed by atoms with E-state index in [0.717, 1.165) is 44.8 Å². The second-order valence-corrected chi connectivity index (χ2v) is 7.03. The fourth-order valence-electron chi connectivity index (χ4n) is 2.94. The third-order valence-electron chi connectivity index (χ3n) is 4.43. The molecule has 0 saturated carbocycles. The van der Waals surface area contributed by atoms with Crippen molar-refractivity contribution in [3.05, 3.63) is 71.3 Å². The normalized spacial score (nSPS) is 12.9. The number of hydrogen-bond donors (Lipinski definition) is 4. The minimum Gasteiger partial charge on any atom is -0.480 e. The van der Waals surface area contributed by atoms with E-state index in [1.165, 1.54) is 6.92 Å². The number of carboxylic acid groups (broad SMARTS) is 1. The SMILES string of the molecule is C1=Cc2cc3ccc(cc4ccc(cc5nc(cc1n2)C=C5)[nH]4)[nH]3.CC(N)C(=O)O. The molecule has 0 aromatic carbocycles. The van der Waals surface area contributed by atoms with Crippen LogP contribution in [0, 0.1) is 0 Å². The summed E-state index contributed by atoms with van der Waals surface area (Å²) in [6.45, 7) is 1.42. The first-order valence-corrected chi connectivity index (χ1v) is 9.47. The lowest BCUT2D eigenvalue weighted by Gasteiger charge is -1.90. The van der Waals surface area contributed by atoms with Crippen LogP contribution in [0.3, 0.4) is 0 Å². The number of nitrogens with one attached hydrogen (secondary N) is 2. The van der Waals surface area contributed by atoms with Gasteiger partial charge in [-0.15, -0.1) is 0 Å². The highest BCUT2D eigenvalue weighted by Crippen LogP contribution is 2.17. The third kappa shape index (κ3) is 4.71. The van der Waals surface area contributed by atoms with E-state index in [4.69, 9.17) is 10.8 Å². The fourth-order valence-corrected chi connectivity index (χ4v) is 2.94. The van der Waals surface area contributed by atoms with Crippen molar-refractivity contribution < 1.29 is 9.90 Å². The van der Waals surface area contributed by atoms with Gasteiger partial charge >= 0.3 is 5.97 Å². The van der Waals surface area contributed by atoms with Crippen molar-refractivity contribution in [3.63, 3.8) is 0 Å². The zero-order chi connectivity index (χ0) is 21.1. The summed E-state index contributed by atoms with van der Waals surface area (Å²) in [6, 6.07) is 15.7. The number of carbonyl (C=O) groups is 1. The molecule has 2 aliphatic heterocycles. The van der Waals surface area contributed by atoms with Crippen LogP contribution in [-0.2, 0) is 4.79 Å². The average molecular weight is 399 g/mol. The Bertz CT molecular complexity index is 1220. The van der Waals surface area contributed by atoms with Gasteiger partial charge in [-0.25, -0.2) is 9.97 Å². The van der Waals surface area contributed by atoms with E-state index >= 15 is 0 Å². The van der Waals surface area contributed by atoms with Gasteiger partial charge in [0.05, 0.1) is 22.8 Å². The number of nitrogens with two attached hydrogens (primary N) is 1. The summed E-state index contributed by atoms with van der Waals surface area (Å²) in [5, 5.41) is 7.87. The molecular formula is C23H21N5O2. The van der Waals surface area contributed by atoms with E-state index in [1.807, 2.05) is 42.5 Å². The summed E-state index contributed by atoms with van der Waals surface area (Å²) in [4.78, 5) is 25.6. The molecule has 3 aromatic heterocycles. The maximum atomic E-state index is 9.57. The number of rotatable bonds is 1. The van der Waals surface area contributed by atoms with E-state index in [1.54, 1.807) is 0 Å². The molecule has 0 saturated heterocycles. The first-order valence-electron chi connectivity index (χ1n) is 9.47. The van der Waals surface area contributed by atoms with Gasteiger partial charge in [-0.3, -0.25) is 4.79 Å². The Morgan fingerprint density at radius 3 is 1.47 bits per heavy atom. The Labute approximate surface area is 172 Å². The summed E-state index contributed by atoms with van der Waals surface area (Å²) in [5.74, 6) is -0.963. The molecule has 0 amide bonds. The molecule has 150 valence electrons. The standard InChI is InChI=1S/C20H14N4.C3H7NO2/c1-2-14-10-16-5-6-18(23-16)12-20-8-7-19(24-20)11-17-4-3-15(22-17)9-13(1)21-14;1-2(4)3(5)6/h1-12,21-22H;2H,4H2,1H3,(H,5,6).